The van der Waals surface area contributed by atoms with Gasteiger partial charge < -0.3 is 15.2 Å². The monoisotopic (exact) mass is 289 g/mol. The van der Waals surface area contributed by atoms with Crippen molar-refractivity contribution in [3.05, 3.63) is 40.7 Å². The van der Waals surface area contributed by atoms with Gasteiger partial charge in [0.15, 0.2) is 0 Å². The van der Waals surface area contributed by atoms with Gasteiger partial charge in [-0.25, -0.2) is 0 Å². The van der Waals surface area contributed by atoms with Crippen molar-refractivity contribution in [1.82, 2.24) is 9.78 Å². The maximum Gasteiger partial charge on any atom is 0.142 e. The molecule has 21 heavy (non-hydrogen) atoms. The van der Waals surface area contributed by atoms with Gasteiger partial charge in [0.1, 0.15) is 5.75 Å². The zero-order chi connectivity index (χ0) is 15.4. The van der Waals surface area contributed by atoms with Crippen molar-refractivity contribution in [2.45, 2.75) is 33.9 Å². The Morgan fingerprint density at radius 1 is 1.29 bits per heavy atom. The molecule has 0 fully saturated rings. The molecule has 1 aromatic carbocycles. The van der Waals surface area contributed by atoms with Crippen LogP contribution in [-0.2, 0) is 13.1 Å². The number of hydrogen-bond acceptors (Lipinski definition) is 4. The van der Waals surface area contributed by atoms with E-state index >= 15 is 0 Å². The molecule has 1 heterocycles. The molecular weight excluding hydrogens is 266 g/mol. The molecule has 1 aromatic heterocycles. The van der Waals surface area contributed by atoms with Crippen molar-refractivity contribution in [2.24, 2.45) is 0 Å². The zero-order valence-electron chi connectivity index (χ0n) is 13.1. The highest BCUT2D eigenvalue weighted by atomic mass is 16.5. The first-order valence-electron chi connectivity index (χ1n) is 7.09. The second-order valence-corrected chi connectivity index (χ2v) is 5.15. The summed E-state index contributed by atoms with van der Waals surface area (Å²) in [6.45, 7) is 7.37. The molecular formula is C16H23N3O2. The fraction of sp³-hybridized carbons (Fsp3) is 0.438. The molecule has 2 aromatic rings. The van der Waals surface area contributed by atoms with E-state index in [4.69, 9.17) is 9.84 Å². The Hall–Kier alpha value is -2.01. The lowest BCUT2D eigenvalue weighted by Crippen LogP contribution is -2.07. The summed E-state index contributed by atoms with van der Waals surface area (Å²) < 4.78 is 7.25. The van der Waals surface area contributed by atoms with Crippen LogP contribution in [0.3, 0.4) is 0 Å². The lowest BCUT2D eigenvalue weighted by Gasteiger charge is -2.12. The van der Waals surface area contributed by atoms with Gasteiger partial charge in [-0.05, 0) is 38.5 Å². The first kappa shape index (κ1) is 15.4. The summed E-state index contributed by atoms with van der Waals surface area (Å²) in [6, 6.07) is 6.09. The van der Waals surface area contributed by atoms with E-state index < -0.39 is 0 Å². The number of methoxy groups -OCH3 is 1. The predicted molar refractivity (Wildman–Crippen MR) is 83.8 cm³/mol. The number of rotatable bonds is 6. The van der Waals surface area contributed by atoms with E-state index in [9.17, 15) is 0 Å². The fourth-order valence-electron chi connectivity index (χ4n) is 2.43. The summed E-state index contributed by atoms with van der Waals surface area (Å²) in [5.74, 6) is 0.841. The topological polar surface area (TPSA) is 59.3 Å². The highest BCUT2D eigenvalue weighted by Gasteiger charge is 2.12. The van der Waals surface area contributed by atoms with Gasteiger partial charge in [-0.15, -0.1) is 0 Å². The summed E-state index contributed by atoms with van der Waals surface area (Å²) in [6.07, 6.45) is 0. The molecule has 5 nitrogen and oxygen atoms in total. The van der Waals surface area contributed by atoms with E-state index in [2.05, 4.69) is 16.5 Å². The lowest BCUT2D eigenvalue weighted by molar-refractivity contribution is 0.268. The largest absolute Gasteiger partial charge is 0.495 e. The first-order valence-corrected chi connectivity index (χ1v) is 7.09. The minimum atomic E-state index is 0.0978. The summed E-state index contributed by atoms with van der Waals surface area (Å²) in [4.78, 5) is 0. The molecule has 0 spiro atoms. The summed E-state index contributed by atoms with van der Waals surface area (Å²) in [5.41, 5.74) is 5.36. The van der Waals surface area contributed by atoms with Crippen molar-refractivity contribution in [3.63, 3.8) is 0 Å². The Kier molecular flexibility index (Phi) is 4.85. The van der Waals surface area contributed by atoms with Crippen LogP contribution in [0.1, 0.15) is 22.5 Å². The fourth-order valence-corrected chi connectivity index (χ4v) is 2.43. The van der Waals surface area contributed by atoms with Gasteiger partial charge in [0.05, 0.1) is 31.6 Å². The van der Waals surface area contributed by atoms with E-state index in [1.165, 1.54) is 5.56 Å². The quantitative estimate of drug-likeness (QED) is 0.857. The standard InChI is InChI=1S/C16H23N3O2/c1-11-5-6-15(16(9-11)21-4)17-10-14-12(2)18-19(7-8-20)13(14)3/h5-6,9,17,20H,7-8,10H2,1-4H3. The maximum absolute atomic E-state index is 9.05. The minimum Gasteiger partial charge on any atom is -0.495 e. The maximum atomic E-state index is 9.05. The second-order valence-electron chi connectivity index (χ2n) is 5.15. The van der Waals surface area contributed by atoms with E-state index in [-0.39, 0.29) is 6.61 Å². The first-order chi connectivity index (χ1) is 10.1. The lowest BCUT2D eigenvalue weighted by atomic mass is 10.1. The summed E-state index contributed by atoms with van der Waals surface area (Å²) in [7, 11) is 1.68. The van der Waals surface area contributed by atoms with Gasteiger partial charge in [-0.3, -0.25) is 4.68 Å². The van der Waals surface area contributed by atoms with Crippen LogP contribution in [0.4, 0.5) is 5.69 Å². The molecule has 114 valence electrons. The Labute approximate surface area is 125 Å². The van der Waals surface area contributed by atoms with Crippen LogP contribution in [-0.4, -0.2) is 28.6 Å². The third-order valence-electron chi connectivity index (χ3n) is 3.66. The van der Waals surface area contributed by atoms with Gasteiger partial charge in [-0.1, -0.05) is 6.07 Å². The van der Waals surface area contributed by atoms with Crippen LogP contribution in [0, 0.1) is 20.8 Å². The Bertz CT molecular complexity index is 620. The molecule has 0 aliphatic rings. The number of aliphatic hydroxyl groups excluding tert-OH is 1. The van der Waals surface area contributed by atoms with Crippen LogP contribution in [0.15, 0.2) is 18.2 Å². The van der Waals surface area contributed by atoms with Gasteiger partial charge in [0.25, 0.3) is 0 Å². The summed E-state index contributed by atoms with van der Waals surface area (Å²) >= 11 is 0. The third kappa shape index (κ3) is 3.36. The average Bonchev–Trinajstić information content (AvgIpc) is 2.73. The second kappa shape index (κ2) is 6.63. The van der Waals surface area contributed by atoms with E-state index in [1.54, 1.807) is 7.11 Å². The highest BCUT2D eigenvalue weighted by Crippen LogP contribution is 2.26. The molecule has 0 aliphatic heterocycles. The van der Waals surface area contributed by atoms with Crippen LogP contribution in [0.5, 0.6) is 5.75 Å². The molecule has 0 aliphatic carbocycles. The Balaban J connectivity index is 2.17. The molecule has 0 radical (unpaired) electrons. The molecule has 0 saturated heterocycles. The van der Waals surface area contributed by atoms with Gasteiger partial charge >= 0.3 is 0 Å². The van der Waals surface area contributed by atoms with Gasteiger partial charge in [0, 0.05) is 17.8 Å². The number of ether oxygens (including phenoxy) is 1. The smallest absolute Gasteiger partial charge is 0.142 e. The molecule has 0 bridgehead atoms. The van der Waals surface area contributed by atoms with Crippen molar-refractivity contribution in [2.75, 3.05) is 19.0 Å². The van der Waals surface area contributed by atoms with Crippen molar-refractivity contribution in [3.8, 4) is 5.75 Å². The number of hydrogen-bond donors (Lipinski definition) is 2. The number of aliphatic hydroxyl groups is 1. The number of nitrogens with one attached hydrogen (secondary N) is 1. The van der Waals surface area contributed by atoms with Crippen LogP contribution in [0.2, 0.25) is 0 Å². The predicted octanol–water partition coefficient (Wildman–Crippen LogP) is 2.42. The molecule has 0 saturated carbocycles. The van der Waals surface area contributed by atoms with Gasteiger partial charge in [0.2, 0.25) is 0 Å². The van der Waals surface area contributed by atoms with Crippen LogP contribution >= 0.6 is 0 Å². The SMILES string of the molecule is COc1cc(C)ccc1NCc1c(C)nn(CCO)c1C. The molecule has 0 unspecified atom stereocenters. The Morgan fingerprint density at radius 2 is 2.05 bits per heavy atom. The van der Waals surface area contributed by atoms with E-state index in [0.717, 1.165) is 28.4 Å². The van der Waals surface area contributed by atoms with Gasteiger partial charge in [-0.2, -0.15) is 5.10 Å². The highest BCUT2D eigenvalue weighted by molar-refractivity contribution is 5.58. The summed E-state index contributed by atoms with van der Waals surface area (Å²) in [5, 5.41) is 16.9. The van der Waals surface area contributed by atoms with Crippen molar-refractivity contribution >= 4 is 5.69 Å². The van der Waals surface area contributed by atoms with Crippen LogP contribution in [0.25, 0.3) is 0 Å². The Morgan fingerprint density at radius 3 is 2.71 bits per heavy atom. The number of benzene rings is 1. The third-order valence-corrected chi connectivity index (χ3v) is 3.66. The molecule has 0 atom stereocenters. The normalized spacial score (nSPS) is 10.7. The van der Waals surface area contributed by atoms with Crippen LogP contribution < -0.4 is 10.1 Å². The minimum absolute atomic E-state index is 0.0978. The van der Waals surface area contributed by atoms with Crippen molar-refractivity contribution < 1.29 is 9.84 Å². The number of aryl methyl sites for hydroxylation is 2. The van der Waals surface area contributed by atoms with E-state index in [1.807, 2.05) is 37.6 Å². The molecule has 2 rings (SSSR count). The zero-order valence-corrected chi connectivity index (χ0v) is 13.1. The molecule has 5 heteroatoms. The number of aromatic nitrogens is 2. The van der Waals surface area contributed by atoms with Crippen molar-refractivity contribution in [1.29, 1.82) is 0 Å². The number of nitrogens with zero attached hydrogens (tertiary/aromatic N) is 2. The molecule has 0 amide bonds. The van der Waals surface area contributed by atoms with E-state index in [0.29, 0.717) is 13.1 Å². The molecule has 2 N–H and O–H groups in total. The number of anilines is 1. The average molecular weight is 289 g/mol.